The maximum absolute atomic E-state index is 12.3. The van der Waals surface area contributed by atoms with Gasteiger partial charge in [-0.15, -0.1) is 0 Å². The minimum Gasteiger partial charge on any atom is -0.508 e. The molecule has 4 amide bonds. The third kappa shape index (κ3) is 1.87. The van der Waals surface area contributed by atoms with Crippen LogP contribution < -0.4 is 10.6 Å². The molecule has 3 N–H and O–H groups in total. The fourth-order valence-electron chi connectivity index (χ4n) is 2.62. The van der Waals surface area contributed by atoms with Crippen LogP contribution >= 0.6 is 0 Å². The second kappa shape index (κ2) is 4.22. The fraction of sp³-hybridized carbons (Fsp3) is 0.308. The summed E-state index contributed by atoms with van der Waals surface area (Å²) in [6, 6.07) is 5.51. The third-order valence-corrected chi connectivity index (χ3v) is 3.66. The van der Waals surface area contributed by atoms with E-state index < -0.39 is 17.5 Å². The van der Waals surface area contributed by atoms with Crippen LogP contribution in [0.15, 0.2) is 24.3 Å². The van der Waals surface area contributed by atoms with Gasteiger partial charge in [0.1, 0.15) is 11.3 Å². The second-order valence-electron chi connectivity index (χ2n) is 5.02. The molecule has 2 aliphatic rings. The number of carbonyl (C=O) groups is 3. The van der Waals surface area contributed by atoms with Crippen molar-refractivity contribution in [1.29, 1.82) is 0 Å². The lowest BCUT2D eigenvalue weighted by atomic mass is 9.99. The molecule has 2 heterocycles. The average Bonchev–Trinajstić information content (AvgIpc) is 2.94. The van der Waals surface area contributed by atoms with Crippen LogP contribution in [-0.2, 0) is 4.79 Å². The van der Waals surface area contributed by atoms with Crippen LogP contribution in [0.2, 0.25) is 0 Å². The van der Waals surface area contributed by atoms with Gasteiger partial charge in [-0.3, -0.25) is 14.9 Å². The molecule has 1 spiro atoms. The molecule has 0 aromatic heterocycles. The van der Waals surface area contributed by atoms with Gasteiger partial charge in [-0.25, -0.2) is 4.79 Å². The lowest BCUT2D eigenvalue weighted by Crippen LogP contribution is -2.49. The van der Waals surface area contributed by atoms with Crippen molar-refractivity contribution in [2.45, 2.75) is 12.0 Å². The second-order valence-corrected chi connectivity index (χ2v) is 5.02. The largest absolute Gasteiger partial charge is 0.508 e. The van der Waals surface area contributed by atoms with E-state index in [1.54, 1.807) is 12.1 Å². The number of carbonyl (C=O) groups excluding carboxylic acids is 3. The van der Waals surface area contributed by atoms with Crippen molar-refractivity contribution in [3.8, 4) is 5.75 Å². The van der Waals surface area contributed by atoms with Crippen molar-refractivity contribution in [2.24, 2.45) is 0 Å². The van der Waals surface area contributed by atoms with Gasteiger partial charge in [-0.1, -0.05) is 6.07 Å². The molecule has 104 valence electrons. The van der Waals surface area contributed by atoms with E-state index in [9.17, 15) is 19.5 Å². The topological polar surface area (TPSA) is 98.7 Å². The van der Waals surface area contributed by atoms with Gasteiger partial charge < -0.3 is 15.3 Å². The molecule has 20 heavy (non-hydrogen) atoms. The van der Waals surface area contributed by atoms with Crippen molar-refractivity contribution in [1.82, 2.24) is 15.5 Å². The number of hydrogen-bond donors (Lipinski definition) is 3. The van der Waals surface area contributed by atoms with Gasteiger partial charge in [0, 0.05) is 12.1 Å². The van der Waals surface area contributed by atoms with E-state index >= 15 is 0 Å². The number of hydrogen-bond acceptors (Lipinski definition) is 4. The van der Waals surface area contributed by atoms with Crippen LogP contribution in [0.1, 0.15) is 16.8 Å². The summed E-state index contributed by atoms with van der Waals surface area (Å²) >= 11 is 0. The van der Waals surface area contributed by atoms with E-state index in [1.807, 2.05) is 0 Å². The fourth-order valence-corrected chi connectivity index (χ4v) is 2.62. The van der Waals surface area contributed by atoms with Crippen molar-refractivity contribution in [3.63, 3.8) is 0 Å². The van der Waals surface area contributed by atoms with Crippen LogP contribution in [0, 0.1) is 0 Å². The van der Waals surface area contributed by atoms with E-state index in [0.29, 0.717) is 18.5 Å². The predicted octanol–water partition coefficient (Wildman–Crippen LogP) is -0.184. The van der Waals surface area contributed by atoms with Crippen molar-refractivity contribution >= 4 is 17.8 Å². The molecule has 0 bridgehead atoms. The number of amides is 4. The lowest BCUT2D eigenvalue weighted by Gasteiger charge is -2.21. The summed E-state index contributed by atoms with van der Waals surface area (Å²) in [5.74, 6) is -0.655. The third-order valence-electron chi connectivity index (χ3n) is 3.66. The maximum atomic E-state index is 12.3. The number of nitrogens with zero attached hydrogens (tertiary/aromatic N) is 1. The van der Waals surface area contributed by atoms with Gasteiger partial charge in [0.25, 0.3) is 11.8 Å². The molecule has 0 saturated carbocycles. The van der Waals surface area contributed by atoms with Crippen molar-refractivity contribution in [2.75, 3.05) is 13.1 Å². The van der Waals surface area contributed by atoms with Crippen molar-refractivity contribution < 1.29 is 19.5 Å². The number of imide groups is 1. The lowest BCUT2D eigenvalue weighted by molar-refractivity contribution is -0.123. The molecule has 0 aliphatic carbocycles. The highest BCUT2D eigenvalue weighted by molar-refractivity contribution is 6.08. The number of phenols is 1. The molecule has 2 aliphatic heterocycles. The van der Waals surface area contributed by atoms with Crippen LogP contribution in [0.4, 0.5) is 4.79 Å². The summed E-state index contributed by atoms with van der Waals surface area (Å²) in [6.07, 6.45) is 0.384. The molecule has 2 fully saturated rings. The molecular formula is C13H13N3O4. The van der Waals surface area contributed by atoms with Crippen LogP contribution in [-0.4, -0.2) is 46.5 Å². The van der Waals surface area contributed by atoms with E-state index in [4.69, 9.17) is 0 Å². The predicted molar refractivity (Wildman–Crippen MR) is 68.0 cm³/mol. The van der Waals surface area contributed by atoms with Gasteiger partial charge in [0.05, 0.1) is 6.54 Å². The highest BCUT2D eigenvalue weighted by atomic mass is 16.3. The summed E-state index contributed by atoms with van der Waals surface area (Å²) in [5, 5.41) is 14.2. The van der Waals surface area contributed by atoms with Crippen LogP contribution in [0.3, 0.4) is 0 Å². The molecule has 1 aromatic rings. The Labute approximate surface area is 114 Å². The minimum atomic E-state index is -1.01. The Hall–Kier alpha value is -2.57. The number of phenolic OH excluding ortho intramolecular Hbond substituents is 1. The molecule has 0 radical (unpaired) electrons. The molecule has 2 saturated heterocycles. The Bertz CT molecular complexity index is 615. The molecule has 1 atom stereocenters. The molecule has 1 unspecified atom stereocenters. The molecular weight excluding hydrogens is 262 g/mol. The number of likely N-dealkylation sites (tertiary alicyclic amines) is 1. The Morgan fingerprint density at radius 3 is 2.80 bits per heavy atom. The summed E-state index contributed by atoms with van der Waals surface area (Å²) < 4.78 is 0. The van der Waals surface area contributed by atoms with Gasteiger partial charge in [0.15, 0.2) is 0 Å². The Kier molecular flexibility index (Phi) is 2.63. The number of benzene rings is 1. The SMILES string of the molecule is O=C1NC(=O)C2(CCN(C(=O)c3cccc(O)c3)C2)N1. The number of nitrogens with one attached hydrogen (secondary N) is 2. The first-order valence-corrected chi connectivity index (χ1v) is 6.22. The quantitative estimate of drug-likeness (QED) is 0.619. The summed E-state index contributed by atoms with van der Waals surface area (Å²) in [6.45, 7) is 0.515. The Balaban J connectivity index is 1.79. The molecule has 7 heteroatoms. The minimum absolute atomic E-state index is 0.0108. The Morgan fingerprint density at radius 1 is 1.35 bits per heavy atom. The zero-order valence-corrected chi connectivity index (χ0v) is 10.5. The standard InChI is InChI=1S/C13H13N3O4/c17-9-3-1-2-8(6-9)10(18)16-5-4-13(7-16)11(19)14-12(20)15-13/h1-3,6,17H,4-5,7H2,(H2,14,15,19,20). The monoisotopic (exact) mass is 275 g/mol. The summed E-state index contributed by atoms with van der Waals surface area (Å²) in [7, 11) is 0. The highest BCUT2D eigenvalue weighted by Crippen LogP contribution is 2.26. The van der Waals surface area contributed by atoms with Crippen LogP contribution in [0.5, 0.6) is 5.75 Å². The normalized spacial score (nSPS) is 24.9. The van der Waals surface area contributed by atoms with E-state index in [0.717, 1.165) is 0 Å². The number of aromatic hydroxyl groups is 1. The number of urea groups is 1. The van der Waals surface area contributed by atoms with E-state index in [2.05, 4.69) is 10.6 Å². The van der Waals surface area contributed by atoms with Gasteiger partial charge >= 0.3 is 6.03 Å². The maximum Gasteiger partial charge on any atom is 0.322 e. The first kappa shape index (κ1) is 12.5. The highest BCUT2D eigenvalue weighted by Gasteiger charge is 2.51. The van der Waals surface area contributed by atoms with Gasteiger partial charge in [-0.05, 0) is 24.6 Å². The smallest absolute Gasteiger partial charge is 0.322 e. The van der Waals surface area contributed by atoms with E-state index in [1.165, 1.54) is 17.0 Å². The zero-order valence-electron chi connectivity index (χ0n) is 10.5. The Morgan fingerprint density at radius 2 is 2.15 bits per heavy atom. The van der Waals surface area contributed by atoms with Crippen LogP contribution in [0.25, 0.3) is 0 Å². The first-order chi connectivity index (χ1) is 9.50. The number of rotatable bonds is 1. The summed E-state index contributed by atoms with van der Waals surface area (Å²) in [4.78, 5) is 36.8. The van der Waals surface area contributed by atoms with E-state index in [-0.39, 0.29) is 18.2 Å². The van der Waals surface area contributed by atoms with Crippen molar-refractivity contribution in [3.05, 3.63) is 29.8 Å². The zero-order chi connectivity index (χ0) is 14.3. The molecule has 1 aromatic carbocycles. The van der Waals surface area contributed by atoms with Gasteiger partial charge in [0.2, 0.25) is 0 Å². The molecule has 3 rings (SSSR count). The van der Waals surface area contributed by atoms with Gasteiger partial charge in [-0.2, -0.15) is 0 Å². The average molecular weight is 275 g/mol. The first-order valence-electron chi connectivity index (χ1n) is 6.22. The summed E-state index contributed by atoms with van der Waals surface area (Å²) in [5.41, 5.74) is -0.657. The molecule has 7 nitrogen and oxygen atoms in total.